The van der Waals surface area contributed by atoms with E-state index in [4.69, 9.17) is 26.3 Å². The minimum Gasteiger partial charge on any atom is -0.377 e. The lowest BCUT2D eigenvalue weighted by Gasteiger charge is -2.30. The van der Waals surface area contributed by atoms with Crippen LogP contribution in [0.1, 0.15) is 41.0 Å². The fraction of sp³-hybridized carbons (Fsp3) is 0.286. The van der Waals surface area contributed by atoms with E-state index in [0.717, 1.165) is 28.4 Å². The number of aromatic nitrogens is 3. The van der Waals surface area contributed by atoms with Gasteiger partial charge in [0, 0.05) is 35.6 Å². The van der Waals surface area contributed by atoms with Crippen LogP contribution in [0.3, 0.4) is 0 Å². The Bertz CT molecular complexity index is 1590. The van der Waals surface area contributed by atoms with Gasteiger partial charge in [-0.05, 0) is 43.7 Å². The van der Waals surface area contributed by atoms with Crippen LogP contribution in [0.25, 0.3) is 11.6 Å². The molecule has 1 aromatic carbocycles. The van der Waals surface area contributed by atoms with Crippen LogP contribution < -0.4 is 15.5 Å². The molecule has 0 saturated carbocycles. The summed E-state index contributed by atoms with van der Waals surface area (Å²) in [5.74, 6) is 1.71. The molecule has 39 heavy (non-hydrogen) atoms. The number of hydrogen-bond acceptors (Lipinski definition) is 9. The Morgan fingerprint density at radius 2 is 2.10 bits per heavy atom. The smallest absolute Gasteiger partial charge is 0.274 e. The summed E-state index contributed by atoms with van der Waals surface area (Å²) >= 11 is 6.88. The molecule has 3 aromatic rings. The van der Waals surface area contributed by atoms with Gasteiger partial charge in [-0.1, -0.05) is 23.7 Å². The number of amides is 1. The second-order valence-electron chi connectivity index (χ2n) is 10.1. The molecule has 0 unspecified atom stereocenters. The number of pyridine rings is 1. The number of amidine groups is 1. The van der Waals surface area contributed by atoms with Crippen LogP contribution in [-0.2, 0) is 10.2 Å². The van der Waals surface area contributed by atoms with Crippen molar-refractivity contribution in [1.82, 2.24) is 15.0 Å². The molecular weight excluding hydrogens is 516 g/mol. The van der Waals surface area contributed by atoms with Crippen molar-refractivity contribution in [3.05, 3.63) is 70.1 Å². The molecule has 2 N–H and O–H groups in total. The van der Waals surface area contributed by atoms with E-state index < -0.39 is 11.3 Å². The van der Waals surface area contributed by atoms with Crippen molar-refractivity contribution in [2.24, 2.45) is 4.99 Å². The summed E-state index contributed by atoms with van der Waals surface area (Å²) in [5.41, 5.74) is 3.01. The number of rotatable bonds is 6. The average Bonchev–Trinajstić information content (AvgIpc) is 3.42. The van der Waals surface area contributed by atoms with Gasteiger partial charge >= 0.3 is 0 Å². The highest BCUT2D eigenvalue weighted by molar-refractivity contribution is 6.42. The minimum atomic E-state index is -0.751. The zero-order chi connectivity index (χ0) is 27.1. The Kier molecular flexibility index (Phi) is 6.25. The maximum Gasteiger partial charge on any atom is 0.274 e. The predicted octanol–water partition coefficient (Wildman–Crippen LogP) is 4.16. The van der Waals surface area contributed by atoms with E-state index >= 15 is 0 Å². The first-order chi connectivity index (χ1) is 18.8. The number of carbonyl (C=O) groups is 1. The summed E-state index contributed by atoms with van der Waals surface area (Å²) in [6.07, 6.45) is 5.30. The summed E-state index contributed by atoms with van der Waals surface area (Å²) in [5, 5.41) is 16.0. The Morgan fingerprint density at radius 1 is 1.26 bits per heavy atom. The number of nitriles is 1. The molecule has 1 saturated heterocycles. The molecule has 1 fully saturated rings. The molecule has 5 heterocycles. The first-order valence-corrected chi connectivity index (χ1v) is 13.0. The third kappa shape index (κ3) is 4.60. The minimum absolute atomic E-state index is 0.199. The first kappa shape index (κ1) is 25.0. The number of fused-ring (bicyclic) bond motifs is 3. The van der Waals surface area contributed by atoms with E-state index in [9.17, 15) is 10.1 Å². The molecule has 1 amide bonds. The van der Waals surface area contributed by atoms with Gasteiger partial charge in [0.1, 0.15) is 17.3 Å². The number of nitrogens with zero attached hydrogens (tertiary/aromatic N) is 6. The van der Waals surface area contributed by atoms with E-state index in [-0.39, 0.29) is 11.7 Å². The van der Waals surface area contributed by atoms with Gasteiger partial charge in [0.15, 0.2) is 0 Å². The van der Waals surface area contributed by atoms with Crippen molar-refractivity contribution < 1.29 is 9.53 Å². The number of nitrogens with one attached hydrogen (secondary N) is 2. The molecule has 0 bridgehead atoms. The quantitative estimate of drug-likeness (QED) is 0.477. The molecule has 0 atom stereocenters. The SMILES string of the molecule is CC(C)(C#N)c1ccnc(C(=O)Nc2cccc(C3=Cc4cnc(NC5COC5)nc4N4CCN=C34)c2Cl)c1. The molecule has 0 radical (unpaired) electrons. The molecule has 0 spiro atoms. The summed E-state index contributed by atoms with van der Waals surface area (Å²) < 4.78 is 5.23. The highest BCUT2D eigenvalue weighted by Gasteiger charge is 2.32. The third-order valence-electron chi connectivity index (χ3n) is 6.94. The van der Waals surface area contributed by atoms with Crippen LogP contribution in [0.2, 0.25) is 5.02 Å². The summed E-state index contributed by atoms with van der Waals surface area (Å²) in [7, 11) is 0. The number of halogens is 1. The van der Waals surface area contributed by atoms with E-state index in [2.05, 4.69) is 31.6 Å². The van der Waals surface area contributed by atoms with E-state index in [1.165, 1.54) is 6.20 Å². The van der Waals surface area contributed by atoms with Crippen molar-refractivity contribution >= 4 is 52.4 Å². The molecule has 10 nitrogen and oxygen atoms in total. The number of hydrogen-bond donors (Lipinski definition) is 2. The van der Waals surface area contributed by atoms with Crippen LogP contribution in [0, 0.1) is 11.3 Å². The van der Waals surface area contributed by atoms with Crippen LogP contribution in [0.15, 0.2) is 47.7 Å². The standard InChI is InChI=1S/C28H25ClN8O2/c1-28(2,15-30)17-6-7-31-22(11-17)26(38)35-21-5-3-4-19(23(21)29)20-10-16-12-33-27(34-18-13-39-14-18)36-24(16)37-9-8-32-25(20)37/h3-7,10-12,18H,8-9,13-14H2,1-2H3,(H,35,38)(H,33,34,36). The Balaban J connectivity index is 1.31. The van der Waals surface area contributed by atoms with Gasteiger partial charge in [-0.3, -0.25) is 14.8 Å². The Labute approximate surface area is 230 Å². The second-order valence-corrected chi connectivity index (χ2v) is 10.4. The van der Waals surface area contributed by atoms with Gasteiger partial charge in [0.05, 0.1) is 48.0 Å². The summed E-state index contributed by atoms with van der Waals surface area (Å²) in [6, 6.07) is 11.3. The summed E-state index contributed by atoms with van der Waals surface area (Å²) in [6.45, 7) is 6.20. The molecule has 11 heteroatoms. The zero-order valence-corrected chi connectivity index (χ0v) is 22.2. The van der Waals surface area contributed by atoms with Gasteiger partial charge in [-0.15, -0.1) is 0 Å². The number of aliphatic imine (C=N–C) groups is 1. The largest absolute Gasteiger partial charge is 0.377 e. The van der Waals surface area contributed by atoms with E-state index in [0.29, 0.717) is 48.5 Å². The maximum absolute atomic E-state index is 13.1. The van der Waals surface area contributed by atoms with Crippen molar-refractivity contribution in [2.45, 2.75) is 25.3 Å². The van der Waals surface area contributed by atoms with E-state index in [1.807, 2.05) is 18.2 Å². The highest BCUT2D eigenvalue weighted by atomic mass is 35.5. The predicted molar refractivity (Wildman–Crippen MR) is 150 cm³/mol. The number of carbonyl (C=O) groups excluding carboxylic acids is 1. The van der Waals surface area contributed by atoms with E-state index in [1.54, 1.807) is 38.2 Å². The van der Waals surface area contributed by atoms with Crippen molar-refractivity contribution in [3.63, 3.8) is 0 Å². The first-order valence-electron chi connectivity index (χ1n) is 12.6. The molecular formula is C28H25ClN8O2. The number of benzene rings is 1. The lowest BCUT2D eigenvalue weighted by molar-refractivity contribution is 0.0208. The van der Waals surface area contributed by atoms with Crippen molar-refractivity contribution in [3.8, 4) is 6.07 Å². The average molecular weight is 541 g/mol. The second kappa shape index (κ2) is 9.76. The lowest BCUT2D eigenvalue weighted by atomic mass is 9.86. The Hall–Kier alpha value is -4.33. The van der Waals surface area contributed by atoms with Crippen LogP contribution in [0.5, 0.6) is 0 Å². The highest BCUT2D eigenvalue weighted by Crippen LogP contribution is 2.39. The number of anilines is 3. The maximum atomic E-state index is 13.1. The third-order valence-corrected chi connectivity index (χ3v) is 7.34. The Morgan fingerprint density at radius 3 is 2.87 bits per heavy atom. The molecule has 0 aliphatic carbocycles. The molecule has 2 aromatic heterocycles. The lowest BCUT2D eigenvalue weighted by Crippen LogP contribution is -2.41. The van der Waals surface area contributed by atoms with Crippen LogP contribution >= 0.6 is 11.6 Å². The topological polar surface area (TPSA) is 128 Å². The molecule has 6 rings (SSSR count). The van der Waals surface area contributed by atoms with Crippen molar-refractivity contribution in [2.75, 3.05) is 41.8 Å². The van der Waals surface area contributed by atoms with Gasteiger partial charge in [-0.25, -0.2) is 4.98 Å². The molecule has 196 valence electrons. The fourth-order valence-corrected chi connectivity index (χ4v) is 4.88. The van der Waals surface area contributed by atoms with Gasteiger partial charge < -0.3 is 20.3 Å². The monoisotopic (exact) mass is 540 g/mol. The van der Waals surface area contributed by atoms with Crippen LogP contribution in [-0.4, -0.2) is 59.0 Å². The van der Waals surface area contributed by atoms with Gasteiger partial charge in [-0.2, -0.15) is 10.2 Å². The molecule has 3 aliphatic heterocycles. The van der Waals surface area contributed by atoms with Crippen molar-refractivity contribution in [1.29, 1.82) is 5.26 Å². The molecule has 3 aliphatic rings. The number of ether oxygens (including phenoxy) is 1. The summed E-state index contributed by atoms with van der Waals surface area (Å²) in [4.78, 5) is 33.4. The van der Waals surface area contributed by atoms with Crippen LogP contribution in [0.4, 0.5) is 17.5 Å². The van der Waals surface area contributed by atoms with Gasteiger partial charge in [0.25, 0.3) is 5.91 Å². The van der Waals surface area contributed by atoms with Gasteiger partial charge in [0.2, 0.25) is 5.95 Å². The fourth-order valence-electron chi connectivity index (χ4n) is 4.60. The zero-order valence-electron chi connectivity index (χ0n) is 21.4. The normalized spacial score (nSPS) is 16.3.